The summed E-state index contributed by atoms with van der Waals surface area (Å²) in [6.45, 7) is 12.7. The van der Waals surface area contributed by atoms with Gasteiger partial charge in [0.15, 0.2) is 0 Å². The minimum atomic E-state index is 0.222. The highest BCUT2D eigenvalue weighted by Gasteiger charge is 2.38. The first kappa shape index (κ1) is 19.2. The van der Waals surface area contributed by atoms with E-state index in [2.05, 4.69) is 74.8 Å². The molecule has 2 nitrogen and oxygen atoms in total. The Labute approximate surface area is 153 Å². The van der Waals surface area contributed by atoms with Gasteiger partial charge in [0.2, 0.25) is 0 Å². The molecule has 0 atom stereocenters. The van der Waals surface area contributed by atoms with Crippen molar-refractivity contribution in [2.45, 2.75) is 66.2 Å². The average Bonchev–Trinajstić information content (AvgIpc) is 3.10. The standard InChI is InChI=1S/C21H26N2.C2H6/c1-5-11-16(6-2)23-15-22-19-14-21(7-3,8-4)18-13-10-9-12-17(18)20(19)23;1-2/h5-6,9-13,15H,7-8,14H2,1-4H3;1-2H3/b11-5-,16-6+;. The Kier molecular flexibility index (Phi) is 6.41. The number of allylic oxidation sites excluding steroid dienone is 4. The molecule has 0 saturated heterocycles. The van der Waals surface area contributed by atoms with E-state index in [1.54, 1.807) is 0 Å². The van der Waals surface area contributed by atoms with E-state index in [0.29, 0.717) is 0 Å². The number of imidazole rings is 1. The van der Waals surface area contributed by atoms with Gasteiger partial charge in [-0.1, -0.05) is 64.1 Å². The Hall–Kier alpha value is -2.09. The highest BCUT2D eigenvalue weighted by molar-refractivity contribution is 5.76. The van der Waals surface area contributed by atoms with E-state index in [1.165, 1.54) is 28.2 Å². The summed E-state index contributed by atoms with van der Waals surface area (Å²) in [5, 5.41) is 0. The van der Waals surface area contributed by atoms with E-state index in [-0.39, 0.29) is 5.41 Å². The number of benzene rings is 1. The first-order valence-corrected chi connectivity index (χ1v) is 9.66. The Morgan fingerprint density at radius 1 is 1.16 bits per heavy atom. The third kappa shape index (κ3) is 3.22. The van der Waals surface area contributed by atoms with Crippen molar-refractivity contribution in [1.29, 1.82) is 0 Å². The van der Waals surface area contributed by atoms with Crippen molar-refractivity contribution >= 4 is 5.70 Å². The molecular weight excluding hydrogens is 304 g/mol. The Bertz CT molecular complexity index is 758. The zero-order valence-corrected chi connectivity index (χ0v) is 16.6. The maximum Gasteiger partial charge on any atom is 0.1000 e. The molecule has 0 saturated carbocycles. The largest absolute Gasteiger partial charge is 0.299 e. The molecule has 0 fully saturated rings. The fourth-order valence-corrected chi connectivity index (χ4v) is 3.93. The molecule has 1 heterocycles. The van der Waals surface area contributed by atoms with Crippen molar-refractivity contribution in [3.63, 3.8) is 0 Å². The molecule has 0 unspecified atom stereocenters. The predicted molar refractivity (Wildman–Crippen MR) is 110 cm³/mol. The molecule has 0 aliphatic heterocycles. The van der Waals surface area contributed by atoms with Crippen LogP contribution >= 0.6 is 0 Å². The molecule has 2 heteroatoms. The zero-order chi connectivity index (χ0) is 18.4. The molecule has 0 amide bonds. The van der Waals surface area contributed by atoms with Crippen LogP contribution in [0.2, 0.25) is 0 Å². The van der Waals surface area contributed by atoms with Gasteiger partial charge in [-0.2, -0.15) is 0 Å². The van der Waals surface area contributed by atoms with E-state index >= 15 is 0 Å². The summed E-state index contributed by atoms with van der Waals surface area (Å²) in [6, 6.07) is 8.89. The zero-order valence-electron chi connectivity index (χ0n) is 16.6. The van der Waals surface area contributed by atoms with Gasteiger partial charge >= 0.3 is 0 Å². The number of fused-ring (bicyclic) bond motifs is 3. The van der Waals surface area contributed by atoms with Crippen molar-refractivity contribution in [3.8, 4) is 11.3 Å². The monoisotopic (exact) mass is 336 g/mol. The summed E-state index contributed by atoms with van der Waals surface area (Å²) >= 11 is 0. The molecule has 1 aliphatic rings. The first-order chi connectivity index (χ1) is 12.2. The smallest absolute Gasteiger partial charge is 0.1000 e. The van der Waals surface area contributed by atoms with Crippen LogP contribution in [0.4, 0.5) is 0 Å². The van der Waals surface area contributed by atoms with E-state index in [9.17, 15) is 0 Å². The molecule has 0 bridgehead atoms. The Morgan fingerprint density at radius 3 is 2.44 bits per heavy atom. The van der Waals surface area contributed by atoms with Gasteiger partial charge in [-0.05, 0) is 38.3 Å². The van der Waals surface area contributed by atoms with Crippen molar-refractivity contribution in [3.05, 3.63) is 60.1 Å². The second kappa shape index (κ2) is 8.33. The SMILES string of the molecule is C/C=C\C(=C/C)n1cnc2c1-c1ccccc1C(CC)(CC)C2.CC. The normalized spacial score (nSPS) is 15.4. The van der Waals surface area contributed by atoms with Crippen LogP contribution in [0.15, 0.2) is 48.8 Å². The average molecular weight is 337 g/mol. The number of aromatic nitrogens is 2. The van der Waals surface area contributed by atoms with E-state index in [4.69, 9.17) is 4.98 Å². The molecule has 25 heavy (non-hydrogen) atoms. The molecule has 0 N–H and O–H groups in total. The van der Waals surface area contributed by atoms with Crippen LogP contribution in [0.5, 0.6) is 0 Å². The second-order valence-corrected chi connectivity index (χ2v) is 6.33. The molecule has 134 valence electrons. The fraction of sp³-hybridized carbons (Fsp3) is 0.435. The van der Waals surface area contributed by atoms with Gasteiger partial charge in [-0.3, -0.25) is 4.57 Å². The first-order valence-electron chi connectivity index (χ1n) is 9.66. The van der Waals surface area contributed by atoms with Gasteiger partial charge in [0.05, 0.1) is 17.7 Å². The van der Waals surface area contributed by atoms with E-state index in [1.807, 2.05) is 20.2 Å². The lowest BCUT2D eigenvalue weighted by Gasteiger charge is -2.37. The van der Waals surface area contributed by atoms with Crippen molar-refractivity contribution in [1.82, 2.24) is 9.55 Å². The van der Waals surface area contributed by atoms with E-state index in [0.717, 1.165) is 19.3 Å². The third-order valence-electron chi connectivity index (χ3n) is 5.37. The Morgan fingerprint density at radius 2 is 1.84 bits per heavy atom. The minimum Gasteiger partial charge on any atom is -0.299 e. The molecule has 0 spiro atoms. The number of hydrogen-bond donors (Lipinski definition) is 0. The van der Waals surface area contributed by atoms with Gasteiger partial charge in [0.25, 0.3) is 0 Å². The predicted octanol–water partition coefficient (Wildman–Crippen LogP) is 6.63. The molecule has 3 rings (SSSR count). The molecule has 1 aromatic carbocycles. The van der Waals surface area contributed by atoms with E-state index < -0.39 is 0 Å². The lowest BCUT2D eigenvalue weighted by Crippen LogP contribution is -2.31. The summed E-state index contributed by atoms with van der Waals surface area (Å²) in [5.41, 5.74) is 6.73. The number of rotatable bonds is 4. The van der Waals surface area contributed by atoms with Gasteiger partial charge in [-0.25, -0.2) is 4.98 Å². The van der Waals surface area contributed by atoms with Crippen LogP contribution in [-0.4, -0.2) is 9.55 Å². The highest BCUT2D eigenvalue weighted by Crippen LogP contribution is 2.46. The molecular formula is C23H32N2. The van der Waals surface area contributed by atoms with Crippen LogP contribution in [0, 0.1) is 0 Å². The lowest BCUT2D eigenvalue weighted by molar-refractivity contribution is 0.385. The maximum absolute atomic E-state index is 4.79. The van der Waals surface area contributed by atoms with Crippen LogP contribution in [0.3, 0.4) is 0 Å². The van der Waals surface area contributed by atoms with Crippen LogP contribution in [0.1, 0.15) is 65.6 Å². The van der Waals surface area contributed by atoms with Crippen molar-refractivity contribution in [2.24, 2.45) is 0 Å². The maximum atomic E-state index is 4.79. The molecule has 2 aromatic rings. The molecule has 0 radical (unpaired) electrons. The van der Waals surface area contributed by atoms with Crippen LogP contribution in [-0.2, 0) is 11.8 Å². The van der Waals surface area contributed by atoms with Crippen LogP contribution < -0.4 is 0 Å². The summed E-state index contributed by atoms with van der Waals surface area (Å²) < 4.78 is 2.24. The molecule has 1 aromatic heterocycles. The highest BCUT2D eigenvalue weighted by atomic mass is 15.1. The number of hydrogen-bond acceptors (Lipinski definition) is 1. The van der Waals surface area contributed by atoms with Gasteiger partial charge in [0.1, 0.15) is 0 Å². The van der Waals surface area contributed by atoms with Gasteiger partial charge < -0.3 is 0 Å². The fourth-order valence-electron chi connectivity index (χ4n) is 3.93. The quantitative estimate of drug-likeness (QED) is 0.573. The number of nitrogens with zero attached hydrogens (tertiary/aromatic N) is 2. The van der Waals surface area contributed by atoms with Gasteiger partial charge in [0, 0.05) is 23.1 Å². The molecule has 1 aliphatic carbocycles. The topological polar surface area (TPSA) is 17.8 Å². The summed E-state index contributed by atoms with van der Waals surface area (Å²) in [4.78, 5) is 4.79. The van der Waals surface area contributed by atoms with Crippen molar-refractivity contribution in [2.75, 3.05) is 0 Å². The van der Waals surface area contributed by atoms with Crippen LogP contribution in [0.25, 0.3) is 17.0 Å². The Balaban J connectivity index is 0.00000109. The summed E-state index contributed by atoms with van der Waals surface area (Å²) in [7, 11) is 0. The summed E-state index contributed by atoms with van der Waals surface area (Å²) in [5.74, 6) is 0. The summed E-state index contributed by atoms with van der Waals surface area (Å²) in [6.07, 6.45) is 11.7. The third-order valence-corrected chi connectivity index (χ3v) is 5.37. The minimum absolute atomic E-state index is 0.222. The van der Waals surface area contributed by atoms with Gasteiger partial charge in [-0.15, -0.1) is 0 Å². The van der Waals surface area contributed by atoms with Crippen molar-refractivity contribution < 1.29 is 0 Å². The lowest BCUT2D eigenvalue weighted by atomic mass is 9.67. The second-order valence-electron chi connectivity index (χ2n) is 6.33.